The molecule has 23 heavy (non-hydrogen) atoms. The van der Waals surface area contributed by atoms with E-state index in [1.165, 1.54) is 0 Å². The molecule has 1 fully saturated rings. The summed E-state index contributed by atoms with van der Waals surface area (Å²) in [7, 11) is 0. The van der Waals surface area contributed by atoms with Crippen LogP contribution in [-0.4, -0.2) is 11.9 Å². The molecule has 3 rings (SSSR count). The van der Waals surface area contributed by atoms with Crippen molar-refractivity contribution in [3.8, 4) is 0 Å². The van der Waals surface area contributed by atoms with E-state index in [1.54, 1.807) is 18.2 Å². The summed E-state index contributed by atoms with van der Waals surface area (Å²) in [4.78, 5) is 12.4. The molecule has 0 spiro atoms. The minimum atomic E-state index is -0.381. The average molecular weight is 371 g/mol. The summed E-state index contributed by atoms with van der Waals surface area (Å²) in [6.07, 6.45) is 0.602. The largest absolute Gasteiger partial charge is 0.323 e. The van der Waals surface area contributed by atoms with Gasteiger partial charge in [0.25, 0.3) is 0 Å². The smallest absolute Gasteiger partial charge is 0.242 e. The maximum Gasteiger partial charge on any atom is 0.242 e. The fraction of sp³-hybridized carbons (Fsp3) is 0.188. The number of carbonyl (C=O) groups is 1. The minimum absolute atomic E-state index is 0.0132. The summed E-state index contributed by atoms with van der Waals surface area (Å²) in [5.74, 6) is -0.175. The van der Waals surface area contributed by atoms with Crippen LogP contribution in [0.3, 0.4) is 0 Å². The highest BCUT2D eigenvalue weighted by molar-refractivity contribution is 6.44. The van der Waals surface area contributed by atoms with Gasteiger partial charge in [0.15, 0.2) is 0 Å². The average Bonchev–Trinajstić information content (AvgIpc) is 3.02. The van der Waals surface area contributed by atoms with Gasteiger partial charge >= 0.3 is 0 Å². The maximum absolute atomic E-state index is 12.4. The molecule has 1 amide bonds. The SMILES string of the molecule is O=C(Nc1cccc(Cl)c1Cl)C1CC(c2cccc(Cl)c2)NN1. The van der Waals surface area contributed by atoms with Gasteiger partial charge in [0, 0.05) is 11.1 Å². The van der Waals surface area contributed by atoms with E-state index in [1.807, 2.05) is 24.3 Å². The molecule has 0 saturated carbocycles. The lowest BCUT2D eigenvalue weighted by Crippen LogP contribution is -2.39. The van der Waals surface area contributed by atoms with Crippen LogP contribution >= 0.6 is 34.8 Å². The van der Waals surface area contributed by atoms with Gasteiger partial charge in [-0.3, -0.25) is 4.79 Å². The second kappa shape index (κ2) is 7.07. The van der Waals surface area contributed by atoms with Crippen molar-refractivity contribution in [2.24, 2.45) is 0 Å². The topological polar surface area (TPSA) is 53.2 Å². The number of hydrazine groups is 1. The Morgan fingerprint density at radius 1 is 1.09 bits per heavy atom. The summed E-state index contributed by atoms with van der Waals surface area (Å²) in [5.41, 5.74) is 7.64. The first-order valence-corrected chi connectivity index (χ1v) is 8.19. The number of hydrogen-bond donors (Lipinski definition) is 3. The van der Waals surface area contributed by atoms with Gasteiger partial charge in [0.05, 0.1) is 15.7 Å². The van der Waals surface area contributed by atoms with Crippen molar-refractivity contribution in [3.05, 3.63) is 63.1 Å². The molecule has 4 nitrogen and oxygen atoms in total. The highest BCUT2D eigenvalue weighted by Crippen LogP contribution is 2.30. The molecule has 2 atom stereocenters. The maximum atomic E-state index is 12.4. The van der Waals surface area contributed by atoms with E-state index in [0.717, 1.165) is 5.56 Å². The first-order valence-electron chi connectivity index (χ1n) is 7.06. The minimum Gasteiger partial charge on any atom is -0.323 e. The molecular weight excluding hydrogens is 357 g/mol. The van der Waals surface area contributed by atoms with E-state index in [0.29, 0.717) is 27.2 Å². The molecule has 120 valence electrons. The summed E-state index contributed by atoms with van der Waals surface area (Å²) in [6, 6.07) is 12.3. The van der Waals surface area contributed by atoms with Gasteiger partial charge in [-0.1, -0.05) is 53.0 Å². The first-order chi connectivity index (χ1) is 11.0. The number of halogens is 3. The molecule has 1 heterocycles. The number of carbonyl (C=O) groups excluding carboxylic acids is 1. The molecule has 0 aliphatic carbocycles. The number of benzene rings is 2. The van der Waals surface area contributed by atoms with Crippen LogP contribution in [0, 0.1) is 0 Å². The van der Waals surface area contributed by atoms with Crippen LogP contribution in [0.1, 0.15) is 18.0 Å². The first kappa shape index (κ1) is 16.6. The van der Waals surface area contributed by atoms with Crippen molar-refractivity contribution in [2.75, 3.05) is 5.32 Å². The van der Waals surface area contributed by atoms with Crippen molar-refractivity contribution in [2.45, 2.75) is 18.5 Å². The van der Waals surface area contributed by atoms with Gasteiger partial charge in [-0.25, -0.2) is 10.9 Å². The highest BCUT2D eigenvalue weighted by Gasteiger charge is 2.30. The zero-order valence-corrected chi connectivity index (χ0v) is 14.2. The van der Waals surface area contributed by atoms with Crippen molar-refractivity contribution < 1.29 is 4.79 Å². The van der Waals surface area contributed by atoms with Crippen LogP contribution in [-0.2, 0) is 4.79 Å². The second-order valence-electron chi connectivity index (χ2n) is 5.28. The van der Waals surface area contributed by atoms with Gasteiger partial charge in [0.2, 0.25) is 5.91 Å². The van der Waals surface area contributed by atoms with Crippen molar-refractivity contribution >= 4 is 46.4 Å². The van der Waals surface area contributed by atoms with Crippen LogP contribution in [0.25, 0.3) is 0 Å². The van der Waals surface area contributed by atoms with E-state index in [9.17, 15) is 4.79 Å². The molecular formula is C16H14Cl3N3O. The van der Waals surface area contributed by atoms with Gasteiger partial charge in [0.1, 0.15) is 6.04 Å². The molecule has 3 N–H and O–H groups in total. The van der Waals surface area contributed by atoms with Crippen molar-refractivity contribution in [1.82, 2.24) is 10.9 Å². The van der Waals surface area contributed by atoms with Gasteiger partial charge < -0.3 is 5.32 Å². The lowest BCUT2D eigenvalue weighted by atomic mass is 10.0. The van der Waals surface area contributed by atoms with E-state index in [4.69, 9.17) is 34.8 Å². The van der Waals surface area contributed by atoms with E-state index >= 15 is 0 Å². The van der Waals surface area contributed by atoms with Gasteiger partial charge in [-0.15, -0.1) is 0 Å². The second-order valence-corrected chi connectivity index (χ2v) is 6.50. The molecule has 1 aliphatic rings. The Balaban J connectivity index is 1.67. The lowest BCUT2D eigenvalue weighted by Gasteiger charge is -2.12. The summed E-state index contributed by atoms with van der Waals surface area (Å²) in [5, 5.41) is 4.20. The molecule has 2 unspecified atom stereocenters. The normalized spacial score (nSPS) is 20.5. The summed E-state index contributed by atoms with van der Waals surface area (Å²) in [6.45, 7) is 0. The summed E-state index contributed by atoms with van der Waals surface area (Å²) < 4.78 is 0. The number of amides is 1. The third kappa shape index (κ3) is 3.79. The predicted octanol–water partition coefficient (Wildman–Crippen LogP) is 4.19. The summed E-state index contributed by atoms with van der Waals surface area (Å²) >= 11 is 18.0. The Kier molecular flexibility index (Phi) is 5.09. The molecule has 1 aliphatic heterocycles. The molecule has 0 bridgehead atoms. The monoisotopic (exact) mass is 369 g/mol. The molecule has 2 aromatic rings. The standard InChI is InChI=1S/C16H14Cl3N3O/c17-10-4-1-3-9(7-10)13-8-14(22-21-13)16(23)20-12-6-2-5-11(18)15(12)19/h1-7,13-14,21-22H,8H2,(H,20,23). The van der Waals surface area contributed by atoms with Crippen LogP contribution in [0.4, 0.5) is 5.69 Å². The predicted molar refractivity (Wildman–Crippen MR) is 94.0 cm³/mol. The van der Waals surface area contributed by atoms with Crippen molar-refractivity contribution in [1.29, 1.82) is 0 Å². The molecule has 7 heteroatoms. The van der Waals surface area contributed by atoms with E-state index < -0.39 is 0 Å². The van der Waals surface area contributed by atoms with Crippen molar-refractivity contribution in [3.63, 3.8) is 0 Å². The number of anilines is 1. The van der Waals surface area contributed by atoms with Crippen LogP contribution in [0.5, 0.6) is 0 Å². The lowest BCUT2D eigenvalue weighted by molar-refractivity contribution is -0.117. The fourth-order valence-electron chi connectivity index (χ4n) is 2.49. The third-order valence-corrected chi connectivity index (χ3v) is 4.73. The number of rotatable bonds is 3. The van der Waals surface area contributed by atoms with E-state index in [-0.39, 0.29) is 18.0 Å². The Labute approximate surface area is 149 Å². The third-order valence-electron chi connectivity index (χ3n) is 3.68. The van der Waals surface area contributed by atoms with Crippen LogP contribution in [0.15, 0.2) is 42.5 Å². The highest BCUT2D eigenvalue weighted by atomic mass is 35.5. The zero-order chi connectivity index (χ0) is 16.4. The van der Waals surface area contributed by atoms with Gasteiger partial charge in [-0.05, 0) is 36.2 Å². The number of hydrogen-bond acceptors (Lipinski definition) is 3. The van der Waals surface area contributed by atoms with Gasteiger partial charge in [-0.2, -0.15) is 0 Å². The van der Waals surface area contributed by atoms with E-state index in [2.05, 4.69) is 16.2 Å². The molecule has 0 radical (unpaired) electrons. The Bertz CT molecular complexity index is 738. The molecule has 0 aromatic heterocycles. The zero-order valence-electron chi connectivity index (χ0n) is 11.9. The van der Waals surface area contributed by atoms with Crippen LogP contribution < -0.4 is 16.2 Å². The van der Waals surface area contributed by atoms with Crippen LogP contribution in [0.2, 0.25) is 15.1 Å². The Hall–Kier alpha value is -1.30. The Morgan fingerprint density at radius 3 is 2.65 bits per heavy atom. The molecule has 2 aromatic carbocycles. The fourth-order valence-corrected chi connectivity index (χ4v) is 3.04. The quantitative estimate of drug-likeness (QED) is 0.759. The Morgan fingerprint density at radius 2 is 1.87 bits per heavy atom. The molecule has 1 saturated heterocycles. The number of nitrogens with one attached hydrogen (secondary N) is 3.